The van der Waals surface area contributed by atoms with Crippen LogP contribution in [0.5, 0.6) is 0 Å². The third-order valence-electron chi connectivity index (χ3n) is 3.32. The lowest BCUT2D eigenvalue weighted by Gasteiger charge is -2.32. The SMILES string of the molecule is CCCNCC1CCCN(CCC(=O)OC)C1. The molecule has 1 unspecified atom stereocenters. The van der Waals surface area contributed by atoms with Crippen LogP contribution in [0.25, 0.3) is 0 Å². The van der Waals surface area contributed by atoms with Gasteiger partial charge in [0.05, 0.1) is 13.5 Å². The van der Waals surface area contributed by atoms with Gasteiger partial charge in [-0.05, 0) is 44.8 Å². The normalized spacial score (nSPS) is 21.4. The number of methoxy groups -OCH3 is 1. The molecule has 0 aromatic rings. The number of nitrogens with one attached hydrogen (secondary N) is 1. The van der Waals surface area contributed by atoms with E-state index >= 15 is 0 Å². The van der Waals surface area contributed by atoms with Gasteiger partial charge in [-0.3, -0.25) is 4.79 Å². The van der Waals surface area contributed by atoms with Gasteiger partial charge in [0.25, 0.3) is 0 Å². The molecule has 0 aliphatic carbocycles. The molecule has 17 heavy (non-hydrogen) atoms. The third kappa shape index (κ3) is 6.03. The van der Waals surface area contributed by atoms with Crippen LogP contribution < -0.4 is 5.32 Å². The first-order chi connectivity index (χ1) is 8.26. The minimum atomic E-state index is -0.101. The number of esters is 1. The third-order valence-corrected chi connectivity index (χ3v) is 3.32. The van der Waals surface area contributed by atoms with E-state index in [1.807, 2.05) is 0 Å². The highest BCUT2D eigenvalue weighted by molar-refractivity contribution is 5.69. The van der Waals surface area contributed by atoms with Gasteiger partial charge in [0.1, 0.15) is 0 Å². The molecule has 0 bridgehead atoms. The molecule has 1 rings (SSSR count). The van der Waals surface area contributed by atoms with Gasteiger partial charge in [0, 0.05) is 13.1 Å². The molecule has 1 atom stereocenters. The Labute approximate surface area is 105 Å². The summed E-state index contributed by atoms with van der Waals surface area (Å²) in [5, 5.41) is 3.48. The standard InChI is InChI=1S/C13H26N2O2/c1-3-7-14-10-12-5-4-8-15(11-12)9-6-13(16)17-2/h12,14H,3-11H2,1-2H3. The smallest absolute Gasteiger partial charge is 0.306 e. The highest BCUT2D eigenvalue weighted by atomic mass is 16.5. The fourth-order valence-electron chi connectivity index (χ4n) is 2.36. The summed E-state index contributed by atoms with van der Waals surface area (Å²) in [6.45, 7) is 7.50. The van der Waals surface area contributed by atoms with Crippen molar-refractivity contribution in [3.8, 4) is 0 Å². The van der Waals surface area contributed by atoms with Crippen molar-refractivity contribution in [3.05, 3.63) is 0 Å². The van der Waals surface area contributed by atoms with Crippen molar-refractivity contribution in [2.24, 2.45) is 5.92 Å². The molecule has 100 valence electrons. The van der Waals surface area contributed by atoms with Gasteiger partial charge in [0.2, 0.25) is 0 Å². The van der Waals surface area contributed by atoms with Crippen LogP contribution in [0.4, 0.5) is 0 Å². The Hall–Kier alpha value is -0.610. The van der Waals surface area contributed by atoms with Gasteiger partial charge in [-0.25, -0.2) is 0 Å². The zero-order chi connectivity index (χ0) is 12.5. The van der Waals surface area contributed by atoms with Crippen molar-refractivity contribution in [1.29, 1.82) is 0 Å². The van der Waals surface area contributed by atoms with Crippen LogP contribution >= 0.6 is 0 Å². The predicted octanol–water partition coefficient (Wildman–Crippen LogP) is 1.26. The van der Waals surface area contributed by atoms with Gasteiger partial charge >= 0.3 is 5.97 Å². The molecule has 0 spiro atoms. The van der Waals surface area contributed by atoms with Crippen molar-refractivity contribution >= 4 is 5.97 Å². The minimum Gasteiger partial charge on any atom is -0.469 e. The number of likely N-dealkylation sites (tertiary alicyclic amines) is 1. The summed E-state index contributed by atoms with van der Waals surface area (Å²) in [4.78, 5) is 13.5. The lowest BCUT2D eigenvalue weighted by atomic mass is 9.98. The molecular weight excluding hydrogens is 216 g/mol. The molecule has 0 amide bonds. The molecule has 1 N–H and O–H groups in total. The second-order valence-electron chi connectivity index (χ2n) is 4.84. The van der Waals surface area contributed by atoms with Crippen LogP contribution in [-0.4, -0.2) is 50.7 Å². The number of piperidine rings is 1. The van der Waals surface area contributed by atoms with E-state index in [2.05, 4.69) is 21.9 Å². The zero-order valence-corrected chi connectivity index (χ0v) is 11.2. The average Bonchev–Trinajstić information content (AvgIpc) is 2.37. The van der Waals surface area contributed by atoms with Gasteiger partial charge in [-0.15, -0.1) is 0 Å². The topological polar surface area (TPSA) is 41.6 Å². The molecule has 1 fully saturated rings. The quantitative estimate of drug-likeness (QED) is 0.539. The number of rotatable bonds is 7. The predicted molar refractivity (Wildman–Crippen MR) is 69.0 cm³/mol. The van der Waals surface area contributed by atoms with Crippen LogP contribution in [0.15, 0.2) is 0 Å². The van der Waals surface area contributed by atoms with Crippen molar-refractivity contribution in [3.63, 3.8) is 0 Å². The second kappa shape index (κ2) is 8.48. The summed E-state index contributed by atoms with van der Waals surface area (Å²) >= 11 is 0. The van der Waals surface area contributed by atoms with Crippen molar-refractivity contribution in [2.45, 2.75) is 32.6 Å². The molecule has 0 aromatic heterocycles. The van der Waals surface area contributed by atoms with Gasteiger partial charge in [0.15, 0.2) is 0 Å². The lowest BCUT2D eigenvalue weighted by molar-refractivity contribution is -0.141. The molecule has 0 aromatic carbocycles. The summed E-state index contributed by atoms with van der Waals surface area (Å²) in [5.41, 5.74) is 0. The Bertz CT molecular complexity index is 221. The number of carbonyl (C=O) groups excluding carboxylic acids is 1. The summed E-state index contributed by atoms with van der Waals surface area (Å²) < 4.78 is 4.67. The fraction of sp³-hybridized carbons (Fsp3) is 0.923. The van der Waals surface area contributed by atoms with Crippen LogP contribution in [0, 0.1) is 5.92 Å². The minimum absolute atomic E-state index is 0.101. The first-order valence-corrected chi connectivity index (χ1v) is 6.76. The van der Waals surface area contributed by atoms with E-state index in [4.69, 9.17) is 0 Å². The first kappa shape index (κ1) is 14.5. The monoisotopic (exact) mass is 242 g/mol. The zero-order valence-electron chi connectivity index (χ0n) is 11.2. The van der Waals surface area contributed by atoms with Gasteiger partial charge in [-0.1, -0.05) is 6.92 Å². The number of hydrogen-bond acceptors (Lipinski definition) is 4. The molecule has 1 aliphatic rings. The number of hydrogen-bond donors (Lipinski definition) is 1. The van der Waals surface area contributed by atoms with Crippen molar-refractivity contribution in [2.75, 3.05) is 39.8 Å². The highest BCUT2D eigenvalue weighted by Crippen LogP contribution is 2.15. The maximum atomic E-state index is 11.1. The Morgan fingerprint density at radius 3 is 3.06 bits per heavy atom. The maximum absolute atomic E-state index is 11.1. The molecule has 4 nitrogen and oxygen atoms in total. The highest BCUT2D eigenvalue weighted by Gasteiger charge is 2.19. The summed E-state index contributed by atoms with van der Waals surface area (Å²) in [6, 6.07) is 0. The van der Waals surface area contributed by atoms with Crippen LogP contribution in [0.3, 0.4) is 0 Å². The molecule has 0 saturated carbocycles. The van der Waals surface area contributed by atoms with Crippen LogP contribution in [0.1, 0.15) is 32.6 Å². The van der Waals surface area contributed by atoms with Crippen LogP contribution in [0.2, 0.25) is 0 Å². The summed E-state index contributed by atoms with van der Waals surface area (Å²) in [6.07, 6.45) is 4.27. The fourth-order valence-corrected chi connectivity index (χ4v) is 2.36. The Morgan fingerprint density at radius 1 is 1.53 bits per heavy atom. The molecule has 1 saturated heterocycles. The maximum Gasteiger partial charge on any atom is 0.306 e. The molecule has 1 aliphatic heterocycles. The van der Waals surface area contributed by atoms with Crippen molar-refractivity contribution in [1.82, 2.24) is 10.2 Å². The number of carbonyl (C=O) groups is 1. The molecule has 1 heterocycles. The van der Waals surface area contributed by atoms with Gasteiger partial charge < -0.3 is 15.0 Å². The molecular formula is C13H26N2O2. The summed E-state index contributed by atoms with van der Waals surface area (Å²) in [7, 11) is 1.45. The summed E-state index contributed by atoms with van der Waals surface area (Å²) in [5.74, 6) is 0.643. The van der Waals surface area contributed by atoms with Crippen molar-refractivity contribution < 1.29 is 9.53 Å². The number of nitrogens with zero attached hydrogens (tertiary/aromatic N) is 1. The van der Waals surface area contributed by atoms with E-state index in [1.54, 1.807) is 0 Å². The lowest BCUT2D eigenvalue weighted by Crippen LogP contribution is -2.40. The van der Waals surface area contributed by atoms with E-state index in [0.717, 1.165) is 38.6 Å². The van der Waals surface area contributed by atoms with E-state index in [0.29, 0.717) is 6.42 Å². The molecule has 4 heteroatoms. The van der Waals surface area contributed by atoms with E-state index < -0.39 is 0 Å². The van der Waals surface area contributed by atoms with E-state index in [-0.39, 0.29) is 5.97 Å². The van der Waals surface area contributed by atoms with Crippen LogP contribution in [-0.2, 0) is 9.53 Å². The van der Waals surface area contributed by atoms with Gasteiger partial charge in [-0.2, -0.15) is 0 Å². The number of ether oxygens (including phenoxy) is 1. The Morgan fingerprint density at radius 2 is 2.35 bits per heavy atom. The Kier molecular flexibility index (Phi) is 7.21. The van der Waals surface area contributed by atoms with E-state index in [9.17, 15) is 4.79 Å². The second-order valence-corrected chi connectivity index (χ2v) is 4.84. The van der Waals surface area contributed by atoms with E-state index in [1.165, 1.54) is 26.4 Å². The first-order valence-electron chi connectivity index (χ1n) is 6.76. The molecule has 0 radical (unpaired) electrons. The largest absolute Gasteiger partial charge is 0.469 e. The average molecular weight is 242 g/mol. The Balaban J connectivity index is 2.16.